The van der Waals surface area contributed by atoms with Crippen LogP contribution in [0.3, 0.4) is 0 Å². The smallest absolute Gasteiger partial charge is 0.187 e. The minimum absolute atomic E-state index is 0.228. The molecule has 12 fully saturated rings. The van der Waals surface area contributed by atoms with Gasteiger partial charge in [0.2, 0.25) is 0 Å². The Balaban J connectivity index is 1.18. The Labute approximate surface area is 381 Å². The number of aliphatic hydroxyl groups is 16. The van der Waals surface area contributed by atoms with Crippen LogP contribution in [-0.4, -0.2) is 304 Å². The second kappa shape index (κ2) is 21.7. The van der Waals surface area contributed by atoms with Gasteiger partial charge in [-0.25, -0.2) is 0 Å². The van der Waals surface area contributed by atoms with Crippen LogP contribution in [0.15, 0.2) is 0 Å². The van der Waals surface area contributed by atoms with E-state index in [9.17, 15) is 81.7 Å². The molecular formula is C36H58O28S2. The molecule has 12 bridgehead atoms. The second-order valence-corrected chi connectivity index (χ2v) is 19.6. The van der Waals surface area contributed by atoms with Crippen LogP contribution < -0.4 is 0 Å². The van der Waals surface area contributed by atoms with E-state index in [2.05, 4.69) is 0 Å². The van der Waals surface area contributed by atoms with Crippen molar-refractivity contribution in [2.75, 3.05) is 37.9 Å². The summed E-state index contributed by atoms with van der Waals surface area (Å²) in [5.41, 5.74) is 0. The Morgan fingerprint density at radius 1 is 0.258 bits per heavy atom. The SMILES string of the molecule is OC[C@H]1O[C@@H]2O[C@H]3[C@H](O)[C@@H](O)[C@H]4O[C@H]5[C@H](O)[C@@H](O)[C@@H](O[C@H]6[C@H](O)[C@@H](O)[C@@H](O[C@H]7[C@H](O)[C@@H](O)[C@@H](O[C@H]8[C@H](O)[C@@H](O)[C@@H](O[C@H]1[C@H](O)[C@H]2O)O[C@@H]8CO)O[C@@H]7CSSC[C@H]3O4)O[C@@H]6CO)O[C@@H]5CO. The van der Waals surface area contributed by atoms with Crippen molar-refractivity contribution >= 4 is 21.6 Å². The molecule has 0 unspecified atom stereocenters. The average molecular weight is 1000 g/mol. The van der Waals surface area contributed by atoms with Gasteiger partial charge in [0, 0.05) is 11.5 Å². The average Bonchev–Trinajstić information content (AvgIpc) is 3.30. The molecule has 0 aromatic carbocycles. The Kier molecular flexibility index (Phi) is 17.1. The highest BCUT2D eigenvalue weighted by molar-refractivity contribution is 8.76. The largest absolute Gasteiger partial charge is 0.394 e. The van der Waals surface area contributed by atoms with E-state index in [1.54, 1.807) is 0 Å². The second-order valence-electron chi connectivity index (χ2n) is 17.0. The van der Waals surface area contributed by atoms with Crippen LogP contribution in [0.5, 0.6) is 0 Å². The molecule has 28 nitrogen and oxygen atoms in total. The van der Waals surface area contributed by atoms with Gasteiger partial charge in [0.05, 0.1) is 38.6 Å². The molecule has 0 saturated carbocycles. The highest BCUT2D eigenvalue weighted by Gasteiger charge is 2.59. The molecule has 0 spiro atoms. The van der Waals surface area contributed by atoms with Crippen molar-refractivity contribution in [1.29, 1.82) is 0 Å². The number of ether oxygens (including phenoxy) is 12. The molecule has 16 N–H and O–H groups in total. The molecule has 0 aliphatic carbocycles. The van der Waals surface area contributed by atoms with Crippen molar-refractivity contribution in [2.45, 2.75) is 184 Å². The van der Waals surface area contributed by atoms with Crippen molar-refractivity contribution in [1.82, 2.24) is 0 Å². The maximum Gasteiger partial charge on any atom is 0.187 e. The van der Waals surface area contributed by atoms with Gasteiger partial charge in [-0.3, -0.25) is 0 Å². The first-order valence-electron chi connectivity index (χ1n) is 21.2. The number of aliphatic hydroxyl groups excluding tert-OH is 16. The highest BCUT2D eigenvalue weighted by Crippen LogP contribution is 2.40. The molecule has 12 aliphatic heterocycles. The zero-order valence-corrected chi connectivity index (χ0v) is 36.1. The third kappa shape index (κ3) is 9.90. The Morgan fingerprint density at radius 2 is 0.455 bits per heavy atom. The number of fused-ring (bicyclic) bond motifs is 4. The normalized spacial score (nSPS) is 56.4. The molecule has 12 rings (SSSR count). The number of hydrogen-bond donors (Lipinski definition) is 16. The zero-order chi connectivity index (χ0) is 47.5. The Bertz CT molecular complexity index is 1450. The van der Waals surface area contributed by atoms with E-state index in [-0.39, 0.29) is 11.5 Å². The molecule has 0 radical (unpaired) electrons. The predicted octanol–water partition coefficient (Wildman–Crippen LogP) is -10.6. The fourth-order valence-electron chi connectivity index (χ4n) is 9.13. The van der Waals surface area contributed by atoms with Crippen LogP contribution in [-0.2, 0) is 56.8 Å². The summed E-state index contributed by atoms with van der Waals surface area (Å²) in [5.74, 6) is -0.456. The standard InChI is InChI=1S/C36H58O28S2/c37-1-7-25-15(43)21(49)33(55-7)63-29-11-5-65-66-6-12-30(18(46)24(52)36(58-12)61-27-9(3-39)53-31(59-25)19(47)13(27)41)64-34-22(50)16(44)26(8(2-38)56-34)60-32-20(48)14(42)28(10(4-40)54-32)62-35(57-11)23(51)17(29)45/h7-52H,1-6H2/t7-,8-,9-,10-,11-,12-,13-,14-,15-,16-,17-,18-,19-,20-,21-,22-,23-,24-,25-,26-,27-,28-,29-,30-,31-,32-,33-,34-,35-,36-/m1/s1. The Hall–Kier alpha value is -0.420. The van der Waals surface area contributed by atoms with Gasteiger partial charge in [-0.1, -0.05) is 21.6 Å². The fraction of sp³-hybridized carbons (Fsp3) is 1.00. The van der Waals surface area contributed by atoms with Gasteiger partial charge in [0.1, 0.15) is 134 Å². The third-order valence-electron chi connectivity index (χ3n) is 12.9. The molecule has 382 valence electrons. The summed E-state index contributed by atoms with van der Waals surface area (Å²) >= 11 is 0. The monoisotopic (exact) mass is 1000 g/mol. The summed E-state index contributed by atoms with van der Waals surface area (Å²) in [7, 11) is 1.94. The summed E-state index contributed by atoms with van der Waals surface area (Å²) in [6.07, 6.45) is -55.4. The van der Waals surface area contributed by atoms with Gasteiger partial charge in [-0.05, 0) is 0 Å². The van der Waals surface area contributed by atoms with Crippen LogP contribution in [0.4, 0.5) is 0 Å². The molecule has 66 heavy (non-hydrogen) atoms. The molecule has 0 amide bonds. The molecule has 30 heteroatoms. The van der Waals surface area contributed by atoms with Crippen LogP contribution in [0.25, 0.3) is 0 Å². The lowest BCUT2D eigenvalue weighted by Gasteiger charge is -2.51. The van der Waals surface area contributed by atoms with Gasteiger partial charge in [-0.15, -0.1) is 0 Å². The first kappa shape index (κ1) is 51.9. The first-order chi connectivity index (χ1) is 31.5. The van der Waals surface area contributed by atoms with Crippen molar-refractivity contribution in [3.8, 4) is 0 Å². The van der Waals surface area contributed by atoms with Gasteiger partial charge < -0.3 is 139 Å². The van der Waals surface area contributed by atoms with Crippen molar-refractivity contribution in [3.63, 3.8) is 0 Å². The summed E-state index contributed by atoms with van der Waals surface area (Å²) in [6, 6.07) is 0. The van der Waals surface area contributed by atoms with Gasteiger partial charge in [-0.2, -0.15) is 0 Å². The quantitative estimate of drug-likeness (QED) is 0.116. The summed E-state index contributed by atoms with van der Waals surface area (Å²) in [4.78, 5) is 0. The molecule has 0 aromatic heterocycles. The number of hydrogen-bond acceptors (Lipinski definition) is 30. The fourth-order valence-corrected chi connectivity index (χ4v) is 11.5. The molecule has 0 aromatic rings. The van der Waals surface area contributed by atoms with E-state index in [1.807, 2.05) is 0 Å². The minimum Gasteiger partial charge on any atom is -0.394 e. The van der Waals surface area contributed by atoms with E-state index in [1.165, 1.54) is 0 Å². The topological polar surface area (TPSA) is 434 Å². The van der Waals surface area contributed by atoms with Crippen LogP contribution in [0.2, 0.25) is 0 Å². The predicted molar refractivity (Wildman–Crippen MR) is 207 cm³/mol. The van der Waals surface area contributed by atoms with E-state index >= 15 is 0 Å². The highest BCUT2D eigenvalue weighted by atomic mass is 33.1. The van der Waals surface area contributed by atoms with E-state index < -0.39 is 211 Å². The lowest BCUT2D eigenvalue weighted by Crippen LogP contribution is -2.69. The zero-order valence-electron chi connectivity index (χ0n) is 34.4. The maximum absolute atomic E-state index is 11.6. The lowest BCUT2D eigenvalue weighted by atomic mass is 9.95. The summed E-state index contributed by atoms with van der Waals surface area (Å²) < 4.78 is 70.5. The van der Waals surface area contributed by atoms with Crippen molar-refractivity contribution < 1.29 is 139 Å². The third-order valence-corrected chi connectivity index (χ3v) is 15.3. The van der Waals surface area contributed by atoms with E-state index in [0.717, 1.165) is 21.6 Å². The molecule has 12 saturated heterocycles. The van der Waals surface area contributed by atoms with Crippen LogP contribution in [0.1, 0.15) is 0 Å². The summed E-state index contributed by atoms with van der Waals surface area (Å²) in [6.45, 7) is -3.71. The van der Waals surface area contributed by atoms with Crippen molar-refractivity contribution in [2.24, 2.45) is 0 Å². The molecule has 12 aliphatic rings. The van der Waals surface area contributed by atoms with Gasteiger partial charge >= 0.3 is 0 Å². The van der Waals surface area contributed by atoms with Gasteiger partial charge in [0.25, 0.3) is 0 Å². The van der Waals surface area contributed by atoms with Crippen LogP contribution >= 0.6 is 21.6 Å². The van der Waals surface area contributed by atoms with Crippen molar-refractivity contribution in [3.05, 3.63) is 0 Å². The minimum atomic E-state index is -2.08. The molecular weight excluding hydrogens is 945 g/mol. The Morgan fingerprint density at radius 3 is 0.682 bits per heavy atom. The van der Waals surface area contributed by atoms with Crippen LogP contribution in [0, 0.1) is 0 Å². The molecule has 12 heterocycles. The maximum atomic E-state index is 11.6. The van der Waals surface area contributed by atoms with E-state index in [0.29, 0.717) is 0 Å². The van der Waals surface area contributed by atoms with E-state index in [4.69, 9.17) is 56.8 Å². The van der Waals surface area contributed by atoms with Gasteiger partial charge in [0.15, 0.2) is 37.7 Å². The lowest BCUT2D eigenvalue weighted by molar-refractivity contribution is -0.401. The molecule has 30 atom stereocenters. The summed E-state index contributed by atoms with van der Waals surface area (Å²) in [5, 5.41) is 178. The first-order valence-corrected chi connectivity index (χ1v) is 23.7. The number of rotatable bonds is 4.